The van der Waals surface area contributed by atoms with Crippen molar-refractivity contribution in [1.29, 1.82) is 0 Å². The minimum atomic E-state index is -0.523. The Bertz CT molecular complexity index is 1030. The smallest absolute Gasteiger partial charge is 0.343 e. The van der Waals surface area contributed by atoms with Gasteiger partial charge in [0.15, 0.2) is 11.5 Å². The number of hydrogen-bond donors (Lipinski definition) is 0. The Morgan fingerprint density at radius 3 is 2.63 bits per heavy atom. The highest BCUT2D eigenvalue weighted by atomic mass is 35.5. The summed E-state index contributed by atoms with van der Waals surface area (Å²) in [7, 11) is 0. The lowest BCUT2D eigenvalue weighted by Gasteiger charge is -2.12. The average Bonchev–Trinajstić information content (AvgIpc) is 2.98. The molecule has 0 spiro atoms. The Morgan fingerprint density at radius 1 is 1.23 bits per heavy atom. The molecule has 0 radical (unpaired) electrons. The van der Waals surface area contributed by atoms with Crippen molar-refractivity contribution in [2.24, 2.45) is 0 Å². The first-order valence-corrected chi connectivity index (χ1v) is 10.6. The summed E-state index contributed by atoms with van der Waals surface area (Å²) < 4.78 is 11.6. The van der Waals surface area contributed by atoms with Gasteiger partial charge in [-0.05, 0) is 55.0 Å². The number of hydrogen-bond acceptors (Lipinski definition) is 6. The Hall–Kier alpha value is -2.61. The summed E-state index contributed by atoms with van der Waals surface area (Å²) in [6.07, 6.45) is 3.36. The van der Waals surface area contributed by atoms with Gasteiger partial charge in [0.05, 0.1) is 17.1 Å². The third-order valence-corrected chi connectivity index (χ3v) is 5.66. The molecule has 0 bridgehead atoms. The predicted molar refractivity (Wildman–Crippen MR) is 124 cm³/mol. The van der Waals surface area contributed by atoms with Crippen molar-refractivity contribution in [3.63, 3.8) is 0 Å². The maximum atomic E-state index is 12.5. The Balaban J connectivity index is 1.84. The van der Waals surface area contributed by atoms with E-state index in [0.717, 1.165) is 5.56 Å². The van der Waals surface area contributed by atoms with Gasteiger partial charge in [-0.1, -0.05) is 47.7 Å². The van der Waals surface area contributed by atoms with Crippen molar-refractivity contribution in [2.75, 3.05) is 13.2 Å². The monoisotopic (exact) mass is 459 g/mol. The van der Waals surface area contributed by atoms with E-state index in [1.807, 2.05) is 6.92 Å². The Labute approximate surface area is 189 Å². The van der Waals surface area contributed by atoms with Gasteiger partial charge in [0.25, 0.3) is 5.91 Å². The summed E-state index contributed by atoms with van der Waals surface area (Å²) in [5, 5.41) is 0.532. The number of ether oxygens (including phenoxy) is 2. The molecular weight excluding hydrogens is 442 g/mol. The number of nitrogens with zero attached hydrogens (tertiary/aromatic N) is 1. The predicted octanol–water partition coefficient (Wildman–Crippen LogP) is 5.35. The minimum absolute atomic E-state index is 0.166. The summed E-state index contributed by atoms with van der Waals surface area (Å²) in [4.78, 5) is 26.9. The van der Waals surface area contributed by atoms with Crippen LogP contribution in [0, 0.1) is 0 Å². The number of esters is 1. The number of rotatable bonds is 7. The zero-order valence-corrected chi connectivity index (χ0v) is 18.5. The fourth-order valence-electron chi connectivity index (χ4n) is 2.65. The average molecular weight is 460 g/mol. The molecule has 2 aromatic carbocycles. The topological polar surface area (TPSA) is 55.8 Å². The van der Waals surface area contributed by atoms with E-state index in [0.29, 0.717) is 38.7 Å². The van der Waals surface area contributed by atoms with E-state index in [2.05, 4.69) is 6.58 Å². The molecule has 0 aromatic heterocycles. The highest BCUT2D eigenvalue weighted by Gasteiger charge is 2.31. The molecule has 5 nitrogen and oxygen atoms in total. The molecule has 1 amide bonds. The highest BCUT2D eigenvalue weighted by molar-refractivity contribution is 8.26. The number of thiocarbonyl (C=S) groups is 1. The van der Waals surface area contributed by atoms with Gasteiger partial charge in [0.1, 0.15) is 4.32 Å². The van der Waals surface area contributed by atoms with Crippen LogP contribution >= 0.6 is 35.6 Å². The van der Waals surface area contributed by atoms with Gasteiger partial charge in [-0.25, -0.2) is 4.79 Å². The van der Waals surface area contributed by atoms with Gasteiger partial charge < -0.3 is 9.47 Å². The molecule has 0 atom stereocenters. The highest BCUT2D eigenvalue weighted by Crippen LogP contribution is 2.35. The first-order valence-electron chi connectivity index (χ1n) is 9.03. The fourth-order valence-corrected chi connectivity index (χ4v) is 4.05. The quantitative estimate of drug-likeness (QED) is 0.183. The zero-order chi connectivity index (χ0) is 21.7. The van der Waals surface area contributed by atoms with E-state index in [-0.39, 0.29) is 11.7 Å². The molecule has 0 N–H and O–H groups in total. The Kier molecular flexibility index (Phi) is 7.31. The van der Waals surface area contributed by atoms with E-state index < -0.39 is 5.97 Å². The van der Waals surface area contributed by atoms with Crippen molar-refractivity contribution in [3.8, 4) is 11.5 Å². The normalized spacial score (nSPS) is 14.9. The number of carbonyl (C=O) groups excluding carboxylic acids is 2. The SMILES string of the molecule is C=CCN1C(=O)C(=Cc2ccc(OC(=O)c3ccc(Cl)cc3)c(OCC)c2)SC1=S. The van der Waals surface area contributed by atoms with Gasteiger partial charge in [-0.2, -0.15) is 0 Å². The first kappa shape index (κ1) is 22.1. The van der Waals surface area contributed by atoms with Crippen LogP contribution in [0.1, 0.15) is 22.8 Å². The molecular formula is C22H18ClNO4S2. The molecule has 1 aliphatic rings. The second kappa shape index (κ2) is 9.93. The Morgan fingerprint density at radius 2 is 1.97 bits per heavy atom. The third-order valence-electron chi connectivity index (χ3n) is 4.03. The maximum Gasteiger partial charge on any atom is 0.343 e. The number of halogens is 1. The summed E-state index contributed by atoms with van der Waals surface area (Å²) in [6.45, 7) is 6.23. The maximum absolute atomic E-state index is 12.5. The molecule has 1 saturated heterocycles. The van der Waals surface area contributed by atoms with Gasteiger partial charge in [0, 0.05) is 11.6 Å². The van der Waals surface area contributed by atoms with Crippen LogP contribution in [0.4, 0.5) is 0 Å². The summed E-state index contributed by atoms with van der Waals surface area (Å²) in [5.74, 6) is -0.00458. The van der Waals surface area contributed by atoms with Crippen LogP contribution in [0.15, 0.2) is 60.0 Å². The summed E-state index contributed by atoms with van der Waals surface area (Å²) >= 11 is 12.3. The van der Waals surface area contributed by atoms with E-state index in [9.17, 15) is 9.59 Å². The molecule has 1 aliphatic heterocycles. The summed E-state index contributed by atoms with van der Waals surface area (Å²) in [5.41, 5.74) is 1.10. The second-order valence-corrected chi connectivity index (χ2v) is 8.23. The first-order chi connectivity index (χ1) is 14.4. The van der Waals surface area contributed by atoms with Crippen molar-refractivity contribution in [1.82, 2.24) is 4.90 Å². The molecule has 30 heavy (non-hydrogen) atoms. The van der Waals surface area contributed by atoms with E-state index >= 15 is 0 Å². The number of carbonyl (C=O) groups is 2. The third kappa shape index (κ3) is 5.11. The lowest BCUT2D eigenvalue weighted by atomic mass is 10.1. The molecule has 0 unspecified atom stereocenters. The number of thioether (sulfide) groups is 1. The molecule has 8 heteroatoms. The van der Waals surface area contributed by atoms with Crippen LogP contribution in [0.2, 0.25) is 5.02 Å². The minimum Gasteiger partial charge on any atom is -0.490 e. The number of benzene rings is 2. The van der Waals surface area contributed by atoms with Crippen molar-refractivity contribution in [3.05, 3.63) is 76.2 Å². The van der Waals surface area contributed by atoms with Crippen LogP contribution in [0.25, 0.3) is 6.08 Å². The van der Waals surface area contributed by atoms with Crippen LogP contribution in [0.5, 0.6) is 11.5 Å². The van der Waals surface area contributed by atoms with E-state index in [1.165, 1.54) is 16.7 Å². The van der Waals surface area contributed by atoms with Crippen LogP contribution < -0.4 is 9.47 Å². The fraction of sp³-hybridized carbons (Fsp3) is 0.136. The van der Waals surface area contributed by atoms with E-state index in [4.69, 9.17) is 33.3 Å². The number of amides is 1. The summed E-state index contributed by atoms with van der Waals surface area (Å²) in [6, 6.07) is 11.5. The molecule has 2 aromatic rings. The molecule has 1 heterocycles. The molecule has 1 fully saturated rings. The van der Waals surface area contributed by atoms with Crippen LogP contribution in [0.3, 0.4) is 0 Å². The molecule has 154 valence electrons. The molecule has 3 rings (SSSR count). The lowest BCUT2D eigenvalue weighted by Crippen LogP contribution is -2.27. The molecule has 0 saturated carbocycles. The van der Waals surface area contributed by atoms with Gasteiger partial charge in [-0.15, -0.1) is 6.58 Å². The van der Waals surface area contributed by atoms with Gasteiger partial charge in [0.2, 0.25) is 0 Å². The van der Waals surface area contributed by atoms with Crippen molar-refractivity contribution < 1.29 is 19.1 Å². The van der Waals surface area contributed by atoms with Gasteiger partial charge in [-0.3, -0.25) is 9.69 Å². The molecule has 0 aliphatic carbocycles. The zero-order valence-electron chi connectivity index (χ0n) is 16.1. The standard InChI is InChI=1S/C22H18ClNO4S2/c1-3-11-24-20(25)19(30-22(24)29)13-14-5-10-17(18(12-14)27-4-2)28-21(26)15-6-8-16(23)9-7-15/h3,5-10,12-13H,1,4,11H2,2H3. The largest absolute Gasteiger partial charge is 0.490 e. The van der Waals surface area contributed by atoms with Crippen molar-refractivity contribution in [2.45, 2.75) is 6.92 Å². The van der Waals surface area contributed by atoms with Crippen molar-refractivity contribution >= 4 is 57.9 Å². The lowest BCUT2D eigenvalue weighted by molar-refractivity contribution is -0.121. The van der Waals surface area contributed by atoms with E-state index in [1.54, 1.807) is 54.6 Å². The van der Waals surface area contributed by atoms with Crippen LogP contribution in [-0.2, 0) is 4.79 Å². The second-order valence-electron chi connectivity index (χ2n) is 6.12. The van der Waals surface area contributed by atoms with Crippen LogP contribution in [-0.4, -0.2) is 34.2 Å². The van der Waals surface area contributed by atoms with Gasteiger partial charge >= 0.3 is 5.97 Å².